The van der Waals surface area contributed by atoms with Crippen molar-refractivity contribution in [1.82, 2.24) is 19.0 Å². The summed E-state index contributed by atoms with van der Waals surface area (Å²) in [6.07, 6.45) is 4.96. The second-order valence-electron chi connectivity index (χ2n) is 9.53. The van der Waals surface area contributed by atoms with Crippen molar-refractivity contribution in [2.24, 2.45) is 12.5 Å². The Kier molecular flexibility index (Phi) is 4.82. The van der Waals surface area contributed by atoms with Gasteiger partial charge in [0.05, 0.1) is 24.5 Å². The fraction of sp³-hybridized carbons (Fsp3) is 0.850. The molecule has 29 heavy (non-hydrogen) atoms. The van der Waals surface area contributed by atoms with E-state index < -0.39 is 10.0 Å². The van der Waals surface area contributed by atoms with Crippen LogP contribution in [0.1, 0.15) is 37.8 Å². The summed E-state index contributed by atoms with van der Waals surface area (Å²) in [5, 5.41) is 4.47. The van der Waals surface area contributed by atoms with Crippen molar-refractivity contribution in [2.75, 3.05) is 46.0 Å². The first kappa shape index (κ1) is 19.9. The van der Waals surface area contributed by atoms with E-state index in [2.05, 4.69) is 10.00 Å². The van der Waals surface area contributed by atoms with Crippen LogP contribution in [-0.2, 0) is 26.5 Å². The molecule has 0 radical (unpaired) electrons. The largest absolute Gasteiger partial charge is 0.381 e. The lowest BCUT2D eigenvalue weighted by molar-refractivity contribution is -0.0317. The van der Waals surface area contributed by atoms with Crippen LogP contribution in [0.4, 0.5) is 0 Å². The van der Waals surface area contributed by atoms with Crippen molar-refractivity contribution in [2.45, 2.75) is 55.7 Å². The number of rotatable bonds is 3. The summed E-state index contributed by atoms with van der Waals surface area (Å²) in [4.78, 5) is 2.60. The number of ether oxygens (including phenoxy) is 2. The van der Waals surface area contributed by atoms with Gasteiger partial charge in [0, 0.05) is 44.7 Å². The van der Waals surface area contributed by atoms with Gasteiger partial charge in [-0.1, -0.05) is 0 Å². The number of aryl methyl sites for hydroxylation is 2. The summed E-state index contributed by atoms with van der Waals surface area (Å²) >= 11 is 0. The second-order valence-corrected chi connectivity index (χ2v) is 11.4. The molecule has 1 aromatic rings. The van der Waals surface area contributed by atoms with Crippen LogP contribution in [0.15, 0.2) is 11.1 Å². The molecule has 4 fully saturated rings. The normalized spacial score (nSPS) is 33.4. The Morgan fingerprint density at radius 1 is 1.17 bits per heavy atom. The number of piperidine rings is 1. The standard InChI is InChI=1S/C20H32N4O4S/c1-16-11-18(22(2)21-16)29(25,26)24-8-4-20(5-9-24)12-17(13-28-20)23-7-3-19(14-23)6-10-27-15-19/h11,17H,3-10,12-15H2,1-2H3/t17-,19-/m0/s1. The molecule has 0 saturated carbocycles. The fourth-order valence-electron chi connectivity index (χ4n) is 5.75. The minimum Gasteiger partial charge on any atom is -0.381 e. The zero-order valence-electron chi connectivity index (χ0n) is 17.5. The van der Waals surface area contributed by atoms with Crippen LogP contribution >= 0.6 is 0 Å². The van der Waals surface area contributed by atoms with Gasteiger partial charge in [0.25, 0.3) is 10.0 Å². The molecule has 0 N–H and O–H groups in total. The average Bonchev–Trinajstić information content (AvgIpc) is 3.46. The molecule has 5 heterocycles. The first-order valence-corrected chi connectivity index (χ1v) is 12.2. The molecule has 4 saturated heterocycles. The number of nitrogens with zero attached hydrogens (tertiary/aromatic N) is 4. The van der Waals surface area contributed by atoms with Gasteiger partial charge < -0.3 is 9.47 Å². The molecule has 0 amide bonds. The van der Waals surface area contributed by atoms with Crippen LogP contribution < -0.4 is 0 Å². The van der Waals surface area contributed by atoms with Crippen molar-refractivity contribution in [3.05, 3.63) is 11.8 Å². The van der Waals surface area contributed by atoms with Gasteiger partial charge in [-0.05, 0) is 51.6 Å². The summed E-state index contributed by atoms with van der Waals surface area (Å²) in [7, 11) is -1.82. The third-order valence-corrected chi connectivity index (χ3v) is 9.51. The number of hydrogen-bond donors (Lipinski definition) is 0. The summed E-state index contributed by atoms with van der Waals surface area (Å²) in [5.41, 5.74) is 0.924. The Hall–Kier alpha value is -1.00. The lowest BCUT2D eigenvalue weighted by Crippen LogP contribution is -2.47. The van der Waals surface area contributed by atoms with E-state index in [9.17, 15) is 8.42 Å². The Morgan fingerprint density at radius 3 is 2.62 bits per heavy atom. The van der Waals surface area contributed by atoms with Crippen LogP contribution in [0.2, 0.25) is 0 Å². The highest BCUT2D eigenvalue weighted by Crippen LogP contribution is 2.43. The van der Waals surface area contributed by atoms with Crippen molar-refractivity contribution < 1.29 is 17.9 Å². The smallest absolute Gasteiger partial charge is 0.260 e. The quantitative estimate of drug-likeness (QED) is 0.725. The van der Waals surface area contributed by atoms with Gasteiger partial charge in [-0.15, -0.1) is 0 Å². The molecule has 0 bridgehead atoms. The lowest BCUT2D eigenvalue weighted by Gasteiger charge is -2.38. The van der Waals surface area contributed by atoms with Gasteiger partial charge in [0.15, 0.2) is 5.03 Å². The van der Waals surface area contributed by atoms with E-state index >= 15 is 0 Å². The van der Waals surface area contributed by atoms with Crippen LogP contribution in [0.5, 0.6) is 0 Å². The number of hydrogen-bond acceptors (Lipinski definition) is 6. The molecule has 5 rings (SSSR count). The van der Waals surface area contributed by atoms with Gasteiger partial charge >= 0.3 is 0 Å². The lowest BCUT2D eigenvalue weighted by atomic mass is 9.86. The zero-order chi connectivity index (χ0) is 20.3. The molecule has 8 nitrogen and oxygen atoms in total. The fourth-order valence-corrected chi connectivity index (χ4v) is 7.37. The van der Waals surface area contributed by atoms with Gasteiger partial charge in [0.1, 0.15) is 0 Å². The first-order valence-electron chi connectivity index (χ1n) is 10.8. The van der Waals surface area contributed by atoms with Crippen LogP contribution in [0.3, 0.4) is 0 Å². The van der Waals surface area contributed by atoms with E-state index in [4.69, 9.17) is 9.47 Å². The predicted octanol–water partition coefficient (Wildman–Crippen LogP) is 1.15. The van der Waals surface area contributed by atoms with Gasteiger partial charge in [-0.2, -0.15) is 9.40 Å². The van der Waals surface area contributed by atoms with Gasteiger partial charge in [-0.25, -0.2) is 8.42 Å². The molecule has 4 aliphatic heterocycles. The molecule has 2 atom stereocenters. The molecule has 4 aliphatic rings. The Bertz CT molecular complexity index is 869. The maximum Gasteiger partial charge on any atom is 0.260 e. The molecule has 1 aromatic heterocycles. The minimum absolute atomic E-state index is 0.166. The van der Waals surface area contributed by atoms with Crippen LogP contribution in [0.25, 0.3) is 0 Å². The summed E-state index contributed by atoms with van der Waals surface area (Å²) in [6.45, 7) is 7.67. The van der Waals surface area contributed by atoms with E-state index in [0.717, 1.165) is 57.9 Å². The van der Waals surface area contributed by atoms with Crippen molar-refractivity contribution in [3.8, 4) is 0 Å². The molecule has 162 valence electrons. The maximum absolute atomic E-state index is 13.0. The minimum atomic E-state index is -3.51. The van der Waals surface area contributed by atoms with E-state index in [1.54, 1.807) is 17.4 Å². The van der Waals surface area contributed by atoms with E-state index in [0.29, 0.717) is 24.5 Å². The molecule has 0 unspecified atom stereocenters. The highest BCUT2D eigenvalue weighted by molar-refractivity contribution is 7.89. The monoisotopic (exact) mass is 424 g/mol. The molecule has 0 aliphatic carbocycles. The summed E-state index contributed by atoms with van der Waals surface area (Å²) < 4.78 is 41.2. The Labute approximate surface area is 173 Å². The number of likely N-dealkylation sites (tertiary alicyclic amines) is 1. The zero-order valence-corrected chi connectivity index (χ0v) is 18.3. The second kappa shape index (κ2) is 7.02. The van der Waals surface area contributed by atoms with Crippen LogP contribution in [-0.4, -0.2) is 85.0 Å². The Morgan fingerprint density at radius 2 is 1.97 bits per heavy atom. The molecule has 0 aromatic carbocycles. The predicted molar refractivity (Wildman–Crippen MR) is 107 cm³/mol. The van der Waals surface area contributed by atoms with Crippen LogP contribution in [0, 0.1) is 12.3 Å². The number of aromatic nitrogens is 2. The summed E-state index contributed by atoms with van der Waals surface area (Å²) in [5.74, 6) is 0. The van der Waals surface area contributed by atoms with E-state index in [1.807, 2.05) is 6.92 Å². The molecule has 2 spiro atoms. The van der Waals surface area contributed by atoms with Crippen molar-refractivity contribution >= 4 is 10.0 Å². The van der Waals surface area contributed by atoms with Gasteiger partial charge in [0.2, 0.25) is 0 Å². The SMILES string of the molecule is Cc1cc(S(=O)(=O)N2CCC3(CC2)C[C@H](N2CC[C@]4(CCOC4)C2)CO3)n(C)n1. The summed E-state index contributed by atoms with van der Waals surface area (Å²) in [6, 6.07) is 2.11. The molecular weight excluding hydrogens is 392 g/mol. The Balaban J connectivity index is 1.21. The van der Waals surface area contributed by atoms with Gasteiger partial charge in [-0.3, -0.25) is 9.58 Å². The highest BCUT2D eigenvalue weighted by atomic mass is 32.2. The maximum atomic E-state index is 13.0. The molecule has 9 heteroatoms. The highest BCUT2D eigenvalue weighted by Gasteiger charge is 2.49. The first-order chi connectivity index (χ1) is 13.8. The third-order valence-electron chi connectivity index (χ3n) is 7.56. The van der Waals surface area contributed by atoms with Crippen molar-refractivity contribution in [1.29, 1.82) is 0 Å². The molecular formula is C20H32N4O4S. The van der Waals surface area contributed by atoms with Crippen molar-refractivity contribution in [3.63, 3.8) is 0 Å². The van der Waals surface area contributed by atoms with E-state index in [-0.39, 0.29) is 10.6 Å². The third kappa shape index (κ3) is 3.44. The number of sulfonamides is 1. The topological polar surface area (TPSA) is 76.9 Å². The average molecular weight is 425 g/mol. The van der Waals surface area contributed by atoms with E-state index in [1.165, 1.54) is 17.5 Å².